The predicted molar refractivity (Wildman–Crippen MR) is 189 cm³/mol. The maximum Gasteiger partial charge on any atom is 0.309 e. The van der Waals surface area contributed by atoms with Crippen LogP contribution in [0.3, 0.4) is 0 Å². The van der Waals surface area contributed by atoms with Crippen LogP contribution in [0.25, 0.3) is 32.3 Å². The van der Waals surface area contributed by atoms with Crippen LogP contribution in [-0.4, -0.2) is 27.9 Å². The molecule has 2 aliphatic rings. The van der Waals surface area contributed by atoms with Crippen LogP contribution in [0.15, 0.2) is 120 Å². The molecular weight excluding hydrogens is 570 g/mol. The number of rotatable bonds is 7. The molecule has 2 heterocycles. The number of benzene rings is 5. The second-order valence-corrected chi connectivity index (χ2v) is 13.2. The average molecular weight is 607 g/mol. The predicted octanol–water partition coefficient (Wildman–Crippen LogP) is 9.79. The largest absolute Gasteiger partial charge is 0.481 e. The maximum atomic E-state index is 11.8. The summed E-state index contributed by atoms with van der Waals surface area (Å²) in [7, 11) is 0. The molecule has 0 aromatic heterocycles. The first kappa shape index (κ1) is 29.4. The fraction of sp³-hybridized carbons (Fsp3) is 0.200. The third-order valence-electron chi connectivity index (χ3n) is 9.70. The summed E-state index contributed by atoms with van der Waals surface area (Å²) in [6.07, 6.45) is 10.4. The molecule has 6 heteroatoms. The Bertz CT molecular complexity index is 2230. The van der Waals surface area contributed by atoms with Gasteiger partial charge in [0, 0.05) is 28.4 Å². The second kappa shape index (κ2) is 10.9. The van der Waals surface area contributed by atoms with Gasteiger partial charge in [-0.2, -0.15) is 4.58 Å². The minimum absolute atomic E-state index is 0.0380. The number of allylic oxidation sites excluding steroid dienone is 6. The lowest BCUT2D eigenvalue weighted by atomic mass is 9.78. The van der Waals surface area contributed by atoms with Crippen molar-refractivity contribution >= 4 is 61.1 Å². The molecule has 0 saturated heterocycles. The van der Waals surface area contributed by atoms with Gasteiger partial charge in [-0.05, 0) is 81.9 Å². The lowest BCUT2D eigenvalue weighted by molar-refractivity contribution is -0.435. The van der Waals surface area contributed by atoms with Gasteiger partial charge >= 0.3 is 5.97 Å². The molecule has 5 aromatic carbocycles. The molecule has 0 unspecified atom stereocenters. The number of carboxylic acid groups (broad SMARTS) is 1. The molecule has 46 heavy (non-hydrogen) atoms. The van der Waals surface area contributed by atoms with Gasteiger partial charge in [-0.15, -0.1) is 4.91 Å². The monoisotopic (exact) mass is 606 g/mol. The molecular formula is C40H36N3O3+. The van der Waals surface area contributed by atoms with Gasteiger partial charge in [0.05, 0.1) is 10.8 Å². The molecule has 2 N–H and O–H groups in total. The summed E-state index contributed by atoms with van der Waals surface area (Å²) in [6.45, 7) is 9.22. The smallest absolute Gasteiger partial charge is 0.309 e. The molecule has 0 saturated carbocycles. The highest BCUT2D eigenvalue weighted by Gasteiger charge is 2.47. The topological polar surface area (TPSA) is 81.8 Å². The fourth-order valence-electron chi connectivity index (χ4n) is 7.55. The van der Waals surface area contributed by atoms with Gasteiger partial charge < -0.3 is 10.4 Å². The molecule has 0 aliphatic carbocycles. The molecule has 0 bridgehead atoms. The molecule has 0 amide bonds. The van der Waals surface area contributed by atoms with E-state index in [1.54, 1.807) is 6.07 Å². The van der Waals surface area contributed by atoms with E-state index >= 15 is 0 Å². The Morgan fingerprint density at radius 1 is 0.804 bits per heavy atom. The van der Waals surface area contributed by atoms with Crippen LogP contribution in [0.1, 0.15) is 45.2 Å². The van der Waals surface area contributed by atoms with Crippen molar-refractivity contribution < 1.29 is 14.5 Å². The maximum absolute atomic E-state index is 11.8. The average Bonchev–Trinajstić information content (AvgIpc) is 3.44. The summed E-state index contributed by atoms with van der Waals surface area (Å²) in [4.78, 5) is 23.0. The highest BCUT2D eigenvalue weighted by atomic mass is 16.4. The molecule has 6 nitrogen and oxygen atoms in total. The molecule has 0 spiro atoms. The first-order valence-corrected chi connectivity index (χ1v) is 15.7. The van der Waals surface area contributed by atoms with E-state index in [1.165, 1.54) is 21.7 Å². The molecule has 0 radical (unpaired) electrons. The number of anilines is 1. The first-order valence-electron chi connectivity index (χ1n) is 15.7. The number of fused-ring (bicyclic) bond motifs is 9. The normalized spacial score (nSPS) is 17.4. The Labute approximate surface area is 268 Å². The summed E-state index contributed by atoms with van der Waals surface area (Å²) >= 11 is 0. The number of nitrogens with zero attached hydrogens (tertiary/aromatic N) is 2. The van der Waals surface area contributed by atoms with Crippen molar-refractivity contribution in [1.82, 2.24) is 0 Å². The third kappa shape index (κ3) is 4.55. The minimum atomic E-state index is -0.815. The SMILES string of the molecule is CC1(C)C(/C=C/C=C/C=C2\Nc3ccc4ccc(N=O)cc4c3C2(C)C)=[N+](CCC(=O)O)c2c1c1ccccc1c1ccccc21. The van der Waals surface area contributed by atoms with Crippen molar-refractivity contribution in [3.8, 4) is 0 Å². The lowest BCUT2D eigenvalue weighted by Crippen LogP contribution is -2.28. The van der Waals surface area contributed by atoms with Crippen molar-refractivity contribution in [3.63, 3.8) is 0 Å². The second-order valence-electron chi connectivity index (χ2n) is 13.2. The van der Waals surface area contributed by atoms with Gasteiger partial charge in [0.1, 0.15) is 12.1 Å². The molecule has 0 atom stereocenters. The van der Waals surface area contributed by atoms with E-state index in [-0.39, 0.29) is 17.3 Å². The lowest BCUT2D eigenvalue weighted by Gasteiger charge is -2.21. The fourth-order valence-corrected chi connectivity index (χ4v) is 7.55. The summed E-state index contributed by atoms with van der Waals surface area (Å²) in [6, 6.07) is 26.7. The number of nitrogens with one attached hydrogen (secondary N) is 1. The zero-order chi connectivity index (χ0) is 32.2. The number of carboxylic acids is 1. The summed E-state index contributed by atoms with van der Waals surface area (Å²) in [5.74, 6) is -0.815. The number of aliphatic carboxylic acids is 1. The molecule has 7 rings (SSSR count). The van der Waals surface area contributed by atoms with Gasteiger partial charge in [0.15, 0.2) is 12.3 Å². The zero-order valence-electron chi connectivity index (χ0n) is 26.5. The quantitative estimate of drug-likeness (QED) is 0.0836. The highest BCUT2D eigenvalue weighted by molar-refractivity contribution is 6.18. The summed E-state index contributed by atoms with van der Waals surface area (Å²) in [5.41, 5.74) is 6.41. The van der Waals surface area contributed by atoms with Crippen molar-refractivity contribution in [1.29, 1.82) is 0 Å². The van der Waals surface area contributed by atoms with Gasteiger partial charge in [-0.3, -0.25) is 4.79 Å². The van der Waals surface area contributed by atoms with Gasteiger partial charge in [-0.1, -0.05) is 86.7 Å². The van der Waals surface area contributed by atoms with Crippen molar-refractivity contribution in [2.24, 2.45) is 5.18 Å². The number of hydrogen-bond donors (Lipinski definition) is 2. The summed E-state index contributed by atoms with van der Waals surface area (Å²) < 4.78 is 2.22. The Hall–Kier alpha value is -5.36. The van der Waals surface area contributed by atoms with E-state index in [9.17, 15) is 14.8 Å². The van der Waals surface area contributed by atoms with E-state index < -0.39 is 5.97 Å². The molecule has 2 aliphatic heterocycles. The number of hydrogen-bond acceptors (Lipinski definition) is 4. The number of nitroso groups, excluding NO2 is 1. The third-order valence-corrected chi connectivity index (χ3v) is 9.70. The van der Waals surface area contributed by atoms with Crippen molar-refractivity contribution in [2.45, 2.75) is 44.9 Å². The van der Waals surface area contributed by atoms with Gasteiger partial charge in [0.2, 0.25) is 5.69 Å². The van der Waals surface area contributed by atoms with Crippen LogP contribution >= 0.6 is 0 Å². The van der Waals surface area contributed by atoms with Crippen LogP contribution in [0.5, 0.6) is 0 Å². The van der Waals surface area contributed by atoms with Crippen LogP contribution < -0.4 is 5.32 Å². The van der Waals surface area contributed by atoms with Crippen LogP contribution in [0, 0.1) is 4.91 Å². The Morgan fingerprint density at radius 2 is 1.48 bits per heavy atom. The van der Waals surface area contributed by atoms with E-state index in [0.717, 1.165) is 44.5 Å². The van der Waals surface area contributed by atoms with Crippen molar-refractivity contribution in [2.75, 3.05) is 11.9 Å². The van der Waals surface area contributed by atoms with Gasteiger partial charge in [0.25, 0.3) is 0 Å². The zero-order valence-corrected chi connectivity index (χ0v) is 26.5. The van der Waals surface area contributed by atoms with E-state index in [1.807, 2.05) is 30.4 Å². The molecule has 228 valence electrons. The Balaban J connectivity index is 1.27. The molecule has 5 aromatic rings. The summed E-state index contributed by atoms with van der Waals surface area (Å²) in [5, 5.41) is 23.2. The van der Waals surface area contributed by atoms with Crippen LogP contribution in [0.4, 0.5) is 17.1 Å². The van der Waals surface area contributed by atoms with Crippen LogP contribution in [0.2, 0.25) is 0 Å². The standard InChI is InChI=1S/C40H35N3O3/c1-39(2)33(41-32-21-19-25-18-20-26(42-46)24-31(25)36(32)39)16-6-5-7-17-34-40(3,4)37-29-14-10-8-12-27(29)28-13-9-11-15-30(28)38(37)43(34)23-22-35(44)45/h5-21,24H,22-23H2,1-4H3,(H,44,45)/p+1. The first-order chi connectivity index (χ1) is 22.1. The highest BCUT2D eigenvalue weighted by Crippen LogP contribution is 2.49. The van der Waals surface area contributed by atoms with E-state index in [2.05, 4.69) is 116 Å². The minimum Gasteiger partial charge on any atom is -0.481 e. The van der Waals surface area contributed by atoms with E-state index in [0.29, 0.717) is 12.2 Å². The Kier molecular flexibility index (Phi) is 6.97. The van der Waals surface area contributed by atoms with Crippen LogP contribution in [-0.2, 0) is 15.6 Å². The van der Waals surface area contributed by atoms with E-state index in [4.69, 9.17) is 0 Å². The van der Waals surface area contributed by atoms with Crippen molar-refractivity contribution in [3.05, 3.63) is 131 Å². The van der Waals surface area contributed by atoms with Gasteiger partial charge in [-0.25, -0.2) is 0 Å². The number of carbonyl (C=O) groups is 1. The molecule has 0 fully saturated rings. The Morgan fingerprint density at radius 3 is 2.20 bits per heavy atom.